The average Bonchev–Trinajstić information content (AvgIpc) is 3.15. The first kappa shape index (κ1) is 24.6. The molecule has 0 aliphatic rings. The number of allylic oxidation sites excluding steroid dienone is 4. The number of aryl methyl sites for hydroxylation is 1. The number of terminal acetylenes is 1. The third kappa shape index (κ3) is 7.51. The van der Waals surface area contributed by atoms with Crippen LogP contribution in [0.3, 0.4) is 0 Å². The minimum atomic E-state index is 0.338. The van der Waals surface area contributed by atoms with Crippen LogP contribution in [0.15, 0.2) is 47.5 Å². The van der Waals surface area contributed by atoms with Gasteiger partial charge in [0.2, 0.25) is 0 Å². The van der Waals surface area contributed by atoms with Crippen molar-refractivity contribution in [2.45, 2.75) is 26.7 Å². The van der Waals surface area contributed by atoms with Crippen molar-refractivity contribution in [3.05, 3.63) is 63.1 Å². The molecule has 2 aromatic rings. The number of hydrogen-bond acceptors (Lipinski definition) is 5. The first-order valence-electron chi connectivity index (χ1n) is 8.74. The summed E-state index contributed by atoms with van der Waals surface area (Å²) in [6.07, 6.45) is 15.3. The zero-order valence-corrected chi connectivity index (χ0v) is 18.7. The summed E-state index contributed by atoms with van der Waals surface area (Å²) in [6, 6.07) is 3.74. The zero-order chi connectivity index (χ0) is 21.8. The van der Waals surface area contributed by atoms with Gasteiger partial charge in [0.15, 0.2) is 5.82 Å². The summed E-state index contributed by atoms with van der Waals surface area (Å²) in [5.74, 6) is 1.33. The average molecular weight is 448 g/mol. The highest BCUT2D eigenvalue weighted by Crippen LogP contribution is 2.31. The summed E-state index contributed by atoms with van der Waals surface area (Å²) in [4.78, 5) is 20.9. The van der Waals surface area contributed by atoms with Gasteiger partial charge in [0, 0.05) is 22.7 Å². The molecule has 0 atom stereocenters. The van der Waals surface area contributed by atoms with Crippen molar-refractivity contribution in [1.82, 2.24) is 9.97 Å². The Kier molecular flexibility index (Phi) is 11.0. The third-order valence-corrected chi connectivity index (χ3v) is 5.28. The third-order valence-electron chi connectivity index (χ3n) is 3.81. The highest BCUT2D eigenvalue weighted by atomic mass is 35.5. The van der Waals surface area contributed by atoms with E-state index in [-0.39, 0.29) is 0 Å². The first-order valence-corrected chi connectivity index (χ1v) is 10.3. The minimum Gasteiger partial charge on any atom is -0.365 e. The van der Waals surface area contributed by atoms with E-state index in [1.54, 1.807) is 6.08 Å². The first-order chi connectivity index (χ1) is 14.0. The van der Waals surface area contributed by atoms with Gasteiger partial charge >= 0.3 is 0 Å². The maximum atomic E-state index is 10.7. The molecule has 0 bridgehead atoms. The second kappa shape index (κ2) is 12.9. The van der Waals surface area contributed by atoms with Gasteiger partial charge in [0.25, 0.3) is 0 Å². The molecule has 0 fully saturated rings. The van der Waals surface area contributed by atoms with Crippen LogP contribution in [0.25, 0.3) is 10.7 Å². The second-order valence-electron chi connectivity index (χ2n) is 5.74. The standard InChI is InChI=1S/C20H21Cl2N3OS.C2H2/c1-4-6-16-13(3)24-20(17-7-8-18(22)27-17)25-19(16)23-12-15(21)11-14(5-2)9-10-26;1-2/h4-5,7-8,10-11H,1,6,9,12H2,2-3H3,(H,23,24,25);1-2H/b14-5-,15-11+;. The number of halogens is 2. The molecule has 0 saturated heterocycles. The molecule has 0 amide bonds. The SMILES string of the molecule is C#C.C=CCc1c(C)nc(-c2ccc(Cl)s2)nc1NC/C(Cl)=C\C(=C/C)CC=O. The smallest absolute Gasteiger partial charge is 0.171 e. The second-order valence-corrected chi connectivity index (χ2v) is 7.94. The molecule has 2 heterocycles. The predicted molar refractivity (Wildman–Crippen MR) is 126 cm³/mol. The Morgan fingerprint density at radius 2 is 2.07 bits per heavy atom. The summed E-state index contributed by atoms with van der Waals surface area (Å²) >= 11 is 13.8. The number of carbonyl (C=O) groups excluding carboxylic acids is 1. The van der Waals surface area contributed by atoms with Crippen LogP contribution < -0.4 is 5.32 Å². The number of carbonyl (C=O) groups is 1. The van der Waals surface area contributed by atoms with Gasteiger partial charge in [-0.1, -0.05) is 35.4 Å². The summed E-state index contributed by atoms with van der Waals surface area (Å²) in [5.41, 5.74) is 2.72. The van der Waals surface area contributed by atoms with Crippen LogP contribution in [0, 0.1) is 19.8 Å². The monoisotopic (exact) mass is 447 g/mol. The number of nitrogens with zero attached hydrogens (tertiary/aromatic N) is 2. The highest BCUT2D eigenvalue weighted by Gasteiger charge is 2.13. The molecule has 2 aromatic heterocycles. The van der Waals surface area contributed by atoms with E-state index in [1.165, 1.54) is 11.3 Å². The van der Waals surface area contributed by atoms with Gasteiger partial charge in [-0.3, -0.25) is 0 Å². The number of hydrogen-bond donors (Lipinski definition) is 1. The van der Waals surface area contributed by atoms with Crippen molar-refractivity contribution < 1.29 is 4.79 Å². The summed E-state index contributed by atoms with van der Waals surface area (Å²) in [7, 11) is 0. The molecule has 29 heavy (non-hydrogen) atoms. The molecule has 0 spiro atoms. The zero-order valence-electron chi connectivity index (χ0n) is 16.4. The van der Waals surface area contributed by atoms with E-state index in [0.717, 1.165) is 28.0 Å². The van der Waals surface area contributed by atoms with Crippen LogP contribution in [0.5, 0.6) is 0 Å². The Balaban J connectivity index is 0.00000204. The Labute approximate surface area is 186 Å². The topological polar surface area (TPSA) is 54.9 Å². The lowest BCUT2D eigenvalue weighted by molar-refractivity contribution is -0.107. The molecule has 0 aliphatic carbocycles. The van der Waals surface area contributed by atoms with Crippen molar-refractivity contribution in [3.63, 3.8) is 0 Å². The Hall–Kier alpha value is -2.39. The fourth-order valence-electron chi connectivity index (χ4n) is 2.45. The van der Waals surface area contributed by atoms with Gasteiger partial charge in [-0.2, -0.15) is 0 Å². The Morgan fingerprint density at radius 1 is 1.34 bits per heavy atom. The fourth-order valence-corrected chi connectivity index (χ4v) is 3.64. The van der Waals surface area contributed by atoms with Crippen LogP contribution >= 0.6 is 34.5 Å². The molecular formula is C22H23Cl2N3OS. The number of aromatic nitrogens is 2. The molecule has 4 nitrogen and oxygen atoms in total. The van der Waals surface area contributed by atoms with Gasteiger partial charge in [-0.15, -0.1) is 30.8 Å². The molecular weight excluding hydrogens is 425 g/mol. The summed E-state index contributed by atoms with van der Waals surface area (Å²) in [6.45, 7) is 8.03. The summed E-state index contributed by atoms with van der Waals surface area (Å²) in [5, 5.41) is 3.87. The van der Waals surface area contributed by atoms with Crippen LogP contribution in [0.2, 0.25) is 4.34 Å². The molecule has 0 radical (unpaired) electrons. The maximum absolute atomic E-state index is 10.7. The van der Waals surface area contributed by atoms with E-state index < -0.39 is 0 Å². The quantitative estimate of drug-likeness (QED) is 0.214. The largest absolute Gasteiger partial charge is 0.365 e. The maximum Gasteiger partial charge on any atom is 0.171 e. The van der Waals surface area contributed by atoms with E-state index in [1.807, 2.05) is 38.1 Å². The van der Waals surface area contributed by atoms with Crippen LogP contribution in [-0.4, -0.2) is 22.8 Å². The van der Waals surface area contributed by atoms with Crippen molar-refractivity contribution in [1.29, 1.82) is 0 Å². The molecule has 0 aliphatic heterocycles. The van der Waals surface area contributed by atoms with Gasteiger partial charge in [-0.05, 0) is 44.1 Å². The van der Waals surface area contributed by atoms with Crippen molar-refractivity contribution in [2.75, 3.05) is 11.9 Å². The molecule has 0 saturated carbocycles. The van der Waals surface area contributed by atoms with Crippen molar-refractivity contribution in [2.24, 2.45) is 0 Å². The van der Waals surface area contributed by atoms with Gasteiger partial charge in [-0.25, -0.2) is 9.97 Å². The normalized spacial score (nSPS) is 11.4. The number of aldehydes is 1. The van der Waals surface area contributed by atoms with Crippen molar-refractivity contribution in [3.8, 4) is 23.5 Å². The number of rotatable bonds is 9. The molecule has 152 valence electrons. The highest BCUT2D eigenvalue weighted by molar-refractivity contribution is 7.19. The van der Waals surface area contributed by atoms with E-state index in [9.17, 15) is 4.79 Å². The van der Waals surface area contributed by atoms with Gasteiger partial charge in [0.1, 0.15) is 12.1 Å². The van der Waals surface area contributed by atoms with Crippen LogP contribution in [0.4, 0.5) is 5.82 Å². The lowest BCUT2D eigenvalue weighted by Gasteiger charge is -2.13. The number of thiophene rings is 1. The minimum absolute atomic E-state index is 0.338. The van der Waals surface area contributed by atoms with E-state index in [0.29, 0.717) is 40.4 Å². The molecule has 0 aromatic carbocycles. The van der Waals surface area contributed by atoms with E-state index >= 15 is 0 Å². The number of nitrogens with one attached hydrogen (secondary N) is 1. The molecule has 1 N–H and O–H groups in total. The van der Waals surface area contributed by atoms with E-state index in [4.69, 9.17) is 23.2 Å². The van der Waals surface area contributed by atoms with E-state index in [2.05, 4.69) is 34.7 Å². The molecule has 2 rings (SSSR count). The molecule has 7 heteroatoms. The van der Waals surface area contributed by atoms with Gasteiger partial charge < -0.3 is 10.1 Å². The van der Waals surface area contributed by atoms with Crippen LogP contribution in [-0.2, 0) is 11.2 Å². The lowest BCUT2D eigenvalue weighted by Crippen LogP contribution is -2.10. The fraction of sp³-hybridized carbons (Fsp3) is 0.227. The number of anilines is 1. The summed E-state index contributed by atoms with van der Waals surface area (Å²) < 4.78 is 0.691. The van der Waals surface area contributed by atoms with Gasteiger partial charge in [0.05, 0.1) is 15.8 Å². The predicted octanol–water partition coefficient (Wildman–Crippen LogP) is 6.21. The molecule has 0 unspecified atom stereocenters. The lowest BCUT2D eigenvalue weighted by atomic mass is 10.1. The Morgan fingerprint density at radius 3 is 2.62 bits per heavy atom. The Bertz CT molecular complexity index is 929. The van der Waals surface area contributed by atoms with Crippen molar-refractivity contribution >= 4 is 46.6 Å². The van der Waals surface area contributed by atoms with Crippen LogP contribution in [0.1, 0.15) is 24.6 Å².